The molecular formula is C19H20N2O2. The van der Waals surface area contributed by atoms with E-state index in [9.17, 15) is 9.59 Å². The van der Waals surface area contributed by atoms with Crippen LogP contribution in [0.1, 0.15) is 23.6 Å². The summed E-state index contributed by atoms with van der Waals surface area (Å²) in [5.74, 6) is -0.269. The molecule has 3 rings (SSSR count). The van der Waals surface area contributed by atoms with Crippen LogP contribution in [0.25, 0.3) is 0 Å². The number of carbonyl (C=O) groups excluding carboxylic acids is 2. The number of para-hydroxylation sites is 1. The molecule has 1 N–H and O–H groups in total. The van der Waals surface area contributed by atoms with E-state index in [2.05, 4.69) is 5.32 Å². The Morgan fingerprint density at radius 1 is 1.09 bits per heavy atom. The van der Waals surface area contributed by atoms with Gasteiger partial charge in [-0.15, -0.1) is 0 Å². The van der Waals surface area contributed by atoms with Crippen molar-refractivity contribution in [1.82, 2.24) is 0 Å². The maximum atomic E-state index is 12.7. The van der Waals surface area contributed by atoms with Crippen LogP contribution in [0.5, 0.6) is 0 Å². The molecule has 0 fully saturated rings. The van der Waals surface area contributed by atoms with Gasteiger partial charge >= 0.3 is 0 Å². The van der Waals surface area contributed by atoms with Crippen LogP contribution >= 0.6 is 0 Å². The Bertz CT molecular complexity index is 783. The van der Waals surface area contributed by atoms with Crippen molar-refractivity contribution in [2.24, 2.45) is 0 Å². The summed E-state index contributed by atoms with van der Waals surface area (Å²) >= 11 is 0. The van der Waals surface area contributed by atoms with Crippen molar-refractivity contribution < 1.29 is 9.59 Å². The smallest absolute Gasteiger partial charge is 0.247 e. The van der Waals surface area contributed by atoms with Gasteiger partial charge in [0.15, 0.2) is 0 Å². The largest absolute Gasteiger partial charge is 0.324 e. The SMILES string of the molecule is CC(=O)N1c2ccccc2C[C@@H]1C(=O)Nc1ccc(C)c(C)c1. The molecule has 4 heteroatoms. The Kier molecular flexibility index (Phi) is 3.90. The van der Waals surface area contributed by atoms with Crippen molar-refractivity contribution in [2.75, 3.05) is 10.2 Å². The summed E-state index contributed by atoms with van der Waals surface area (Å²) in [4.78, 5) is 26.3. The van der Waals surface area contributed by atoms with Crippen LogP contribution in [-0.4, -0.2) is 17.9 Å². The minimum Gasteiger partial charge on any atom is -0.324 e. The minimum atomic E-state index is -0.494. The Balaban J connectivity index is 1.85. The molecule has 1 aliphatic heterocycles. The fourth-order valence-corrected chi connectivity index (χ4v) is 3.03. The molecule has 2 aromatic rings. The van der Waals surface area contributed by atoms with Gasteiger partial charge in [-0.1, -0.05) is 24.3 Å². The zero-order chi connectivity index (χ0) is 16.6. The number of rotatable bonds is 2. The predicted octanol–water partition coefficient (Wildman–Crippen LogP) is 3.22. The molecule has 0 unspecified atom stereocenters. The second-order valence-corrected chi connectivity index (χ2v) is 6.03. The molecule has 0 aliphatic carbocycles. The van der Waals surface area contributed by atoms with Crippen LogP contribution in [0.15, 0.2) is 42.5 Å². The number of hydrogen-bond acceptors (Lipinski definition) is 2. The number of carbonyl (C=O) groups is 2. The molecule has 0 saturated carbocycles. The lowest BCUT2D eigenvalue weighted by Crippen LogP contribution is -2.44. The van der Waals surface area contributed by atoms with Crippen LogP contribution in [0.3, 0.4) is 0 Å². The Morgan fingerprint density at radius 2 is 1.83 bits per heavy atom. The summed E-state index contributed by atoms with van der Waals surface area (Å²) in [5, 5.41) is 2.94. The third kappa shape index (κ3) is 2.84. The van der Waals surface area contributed by atoms with Crippen LogP contribution < -0.4 is 10.2 Å². The zero-order valence-electron chi connectivity index (χ0n) is 13.6. The summed E-state index contributed by atoms with van der Waals surface area (Å²) in [6, 6.07) is 13.0. The number of amides is 2. The molecule has 23 heavy (non-hydrogen) atoms. The van der Waals surface area contributed by atoms with E-state index in [1.54, 1.807) is 4.90 Å². The van der Waals surface area contributed by atoms with Crippen molar-refractivity contribution in [2.45, 2.75) is 33.2 Å². The maximum Gasteiger partial charge on any atom is 0.247 e. The Labute approximate surface area is 136 Å². The van der Waals surface area contributed by atoms with Crippen molar-refractivity contribution in [3.63, 3.8) is 0 Å². The highest BCUT2D eigenvalue weighted by molar-refractivity contribution is 6.06. The van der Waals surface area contributed by atoms with Crippen molar-refractivity contribution >= 4 is 23.2 Å². The summed E-state index contributed by atoms with van der Waals surface area (Å²) in [7, 11) is 0. The first-order valence-corrected chi connectivity index (χ1v) is 7.73. The average molecular weight is 308 g/mol. The highest BCUT2D eigenvalue weighted by Crippen LogP contribution is 2.32. The molecule has 0 saturated heterocycles. The molecule has 1 atom stereocenters. The van der Waals surface area contributed by atoms with Gasteiger partial charge in [0, 0.05) is 24.7 Å². The highest BCUT2D eigenvalue weighted by Gasteiger charge is 2.36. The number of benzene rings is 2. The van der Waals surface area contributed by atoms with E-state index in [1.165, 1.54) is 12.5 Å². The van der Waals surface area contributed by atoms with Crippen LogP contribution in [0, 0.1) is 13.8 Å². The first-order chi connectivity index (χ1) is 11.0. The predicted molar refractivity (Wildman–Crippen MR) is 91.6 cm³/mol. The molecule has 2 amide bonds. The number of anilines is 2. The number of nitrogens with one attached hydrogen (secondary N) is 1. The first kappa shape index (κ1) is 15.3. The standard InChI is InChI=1S/C19H20N2O2/c1-12-8-9-16(10-13(12)2)20-19(23)18-11-15-6-4-5-7-17(15)21(18)14(3)22/h4-10,18H,11H2,1-3H3,(H,20,23)/t18-/m1/s1. The van der Waals surface area contributed by atoms with Crippen LogP contribution in [0.2, 0.25) is 0 Å². The normalized spacial score (nSPS) is 16.1. The van der Waals surface area contributed by atoms with E-state index in [-0.39, 0.29) is 11.8 Å². The van der Waals surface area contributed by atoms with Crippen LogP contribution in [0.4, 0.5) is 11.4 Å². The van der Waals surface area contributed by atoms with Gasteiger partial charge in [0.2, 0.25) is 11.8 Å². The highest BCUT2D eigenvalue weighted by atomic mass is 16.2. The number of aryl methyl sites for hydroxylation is 2. The van der Waals surface area contributed by atoms with Crippen molar-refractivity contribution in [3.8, 4) is 0 Å². The third-order valence-corrected chi connectivity index (χ3v) is 4.39. The number of hydrogen-bond donors (Lipinski definition) is 1. The molecular weight excluding hydrogens is 288 g/mol. The third-order valence-electron chi connectivity index (χ3n) is 4.39. The average Bonchev–Trinajstić information content (AvgIpc) is 2.90. The first-order valence-electron chi connectivity index (χ1n) is 7.73. The zero-order valence-corrected chi connectivity index (χ0v) is 13.6. The van der Waals surface area contributed by atoms with Crippen molar-refractivity contribution in [3.05, 3.63) is 59.2 Å². The van der Waals surface area contributed by atoms with Crippen molar-refractivity contribution in [1.29, 1.82) is 0 Å². The minimum absolute atomic E-state index is 0.116. The summed E-state index contributed by atoms with van der Waals surface area (Å²) in [6.07, 6.45) is 0.548. The van der Waals surface area contributed by atoms with Gasteiger partial charge in [0.25, 0.3) is 0 Å². The summed E-state index contributed by atoms with van der Waals surface area (Å²) in [5.41, 5.74) is 4.93. The molecule has 0 bridgehead atoms. The number of fused-ring (bicyclic) bond motifs is 1. The lowest BCUT2D eigenvalue weighted by atomic mass is 10.1. The molecule has 0 aromatic heterocycles. The van der Waals surface area contributed by atoms with E-state index in [0.29, 0.717) is 6.42 Å². The van der Waals surface area contributed by atoms with E-state index < -0.39 is 6.04 Å². The number of nitrogens with zero attached hydrogens (tertiary/aromatic N) is 1. The van der Waals surface area contributed by atoms with Gasteiger partial charge < -0.3 is 5.32 Å². The molecule has 4 nitrogen and oxygen atoms in total. The molecule has 1 aliphatic rings. The molecule has 0 spiro atoms. The van der Waals surface area contributed by atoms with E-state index in [4.69, 9.17) is 0 Å². The van der Waals surface area contributed by atoms with Gasteiger partial charge in [-0.25, -0.2) is 0 Å². The van der Waals surface area contributed by atoms with E-state index in [0.717, 1.165) is 22.5 Å². The van der Waals surface area contributed by atoms with Gasteiger partial charge in [0.1, 0.15) is 6.04 Å². The quantitative estimate of drug-likeness (QED) is 0.926. The van der Waals surface area contributed by atoms with Gasteiger partial charge in [-0.3, -0.25) is 14.5 Å². The Morgan fingerprint density at radius 3 is 2.52 bits per heavy atom. The summed E-state index contributed by atoms with van der Waals surface area (Å²) in [6.45, 7) is 5.54. The monoisotopic (exact) mass is 308 g/mol. The van der Waals surface area contributed by atoms with Gasteiger partial charge in [0.05, 0.1) is 0 Å². The lowest BCUT2D eigenvalue weighted by molar-refractivity contribution is -0.122. The van der Waals surface area contributed by atoms with Gasteiger partial charge in [-0.2, -0.15) is 0 Å². The van der Waals surface area contributed by atoms with Crippen LogP contribution in [-0.2, 0) is 16.0 Å². The fraction of sp³-hybridized carbons (Fsp3) is 0.263. The molecule has 0 radical (unpaired) electrons. The molecule has 2 aromatic carbocycles. The fourth-order valence-electron chi connectivity index (χ4n) is 3.03. The second kappa shape index (κ2) is 5.88. The maximum absolute atomic E-state index is 12.7. The van der Waals surface area contributed by atoms with E-state index >= 15 is 0 Å². The topological polar surface area (TPSA) is 49.4 Å². The molecule has 1 heterocycles. The van der Waals surface area contributed by atoms with Gasteiger partial charge in [-0.05, 0) is 48.7 Å². The second-order valence-electron chi connectivity index (χ2n) is 6.03. The Hall–Kier alpha value is -2.62. The summed E-state index contributed by atoms with van der Waals surface area (Å²) < 4.78 is 0. The molecule has 118 valence electrons. The lowest BCUT2D eigenvalue weighted by Gasteiger charge is -2.23. The van der Waals surface area contributed by atoms with E-state index in [1.807, 2.05) is 56.3 Å².